The molecule has 0 saturated carbocycles. The summed E-state index contributed by atoms with van der Waals surface area (Å²) in [6, 6.07) is 20.4. The molecular weight excluding hydrogens is 476 g/mol. The molecule has 0 fully saturated rings. The van der Waals surface area contributed by atoms with Gasteiger partial charge in [-0.15, -0.1) is 0 Å². The molecule has 1 atom stereocenters. The number of thiocarbonyl (C=S) groups is 1. The molecule has 0 bridgehead atoms. The molecule has 1 unspecified atom stereocenters. The zero-order chi connectivity index (χ0) is 26.1. The van der Waals surface area contributed by atoms with Gasteiger partial charge in [0.15, 0.2) is 5.11 Å². The fourth-order valence-electron chi connectivity index (χ4n) is 3.12. The van der Waals surface area contributed by atoms with E-state index in [1.807, 2.05) is 32.9 Å². The molecule has 0 spiro atoms. The van der Waals surface area contributed by atoms with Gasteiger partial charge in [-0.2, -0.15) is 0 Å². The first-order chi connectivity index (χ1) is 17.3. The van der Waals surface area contributed by atoms with Crippen LogP contribution in [-0.4, -0.2) is 28.9 Å². The topological polar surface area (TPSA) is 109 Å². The average molecular weight is 505 g/mol. The van der Waals surface area contributed by atoms with Gasteiger partial charge in [-0.25, -0.2) is 0 Å². The minimum atomic E-state index is -0.463. The molecule has 0 radical (unpaired) electrons. The fourth-order valence-corrected chi connectivity index (χ4v) is 3.27. The normalized spacial score (nSPS) is 11.1. The molecule has 3 amide bonds. The highest BCUT2D eigenvalue weighted by Gasteiger charge is 2.12. The summed E-state index contributed by atoms with van der Waals surface area (Å²) in [5.74, 6) is -0.444. The van der Waals surface area contributed by atoms with Crippen molar-refractivity contribution in [3.63, 3.8) is 0 Å². The highest BCUT2D eigenvalue weighted by molar-refractivity contribution is 7.80. The van der Waals surface area contributed by atoms with Crippen LogP contribution in [0.5, 0.6) is 5.75 Å². The zero-order valence-corrected chi connectivity index (χ0v) is 21.1. The van der Waals surface area contributed by atoms with E-state index in [1.54, 1.807) is 60.7 Å². The Labute approximate surface area is 215 Å². The lowest BCUT2D eigenvalue weighted by atomic mass is 10.1. The lowest BCUT2D eigenvalue weighted by Crippen LogP contribution is -2.48. The SMILES string of the molecule is CCC(C)Oc1ccc(C(=O)NC(=S)NNC(=O)c2ccc(NC(=O)c3ccccc3C)cc2)cc1. The number of amides is 3. The molecule has 8 nitrogen and oxygen atoms in total. The molecule has 0 aliphatic rings. The standard InChI is InChI=1S/C27H28N4O4S/c1-4-18(3)35-22-15-11-19(12-16-22)24(32)29-27(36)31-30-25(33)20-9-13-21(14-10-20)28-26(34)23-8-6-5-7-17(23)2/h5-16,18H,4H2,1-3H3,(H,28,34)(H,30,33)(H2,29,31,32,36). The first-order valence-corrected chi connectivity index (χ1v) is 11.8. The zero-order valence-electron chi connectivity index (χ0n) is 20.3. The highest BCUT2D eigenvalue weighted by Crippen LogP contribution is 2.15. The molecule has 186 valence electrons. The van der Waals surface area contributed by atoms with Gasteiger partial charge in [0.2, 0.25) is 0 Å². The Kier molecular flexibility index (Phi) is 9.13. The number of carbonyl (C=O) groups is 3. The minimum absolute atomic E-state index is 0.0598. The van der Waals surface area contributed by atoms with Gasteiger partial charge in [-0.3, -0.25) is 30.6 Å². The molecule has 3 aromatic rings. The Morgan fingerprint density at radius 3 is 2.08 bits per heavy atom. The summed E-state index contributed by atoms with van der Waals surface area (Å²) in [5.41, 5.74) is 7.67. The van der Waals surface area contributed by atoms with E-state index in [1.165, 1.54) is 0 Å². The Bertz CT molecular complexity index is 1240. The van der Waals surface area contributed by atoms with Crippen molar-refractivity contribution < 1.29 is 19.1 Å². The van der Waals surface area contributed by atoms with E-state index in [9.17, 15) is 14.4 Å². The molecule has 36 heavy (non-hydrogen) atoms. The lowest BCUT2D eigenvalue weighted by Gasteiger charge is -2.13. The Hall–Kier alpha value is -4.24. The van der Waals surface area contributed by atoms with Crippen molar-refractivity contribution in [2.45, 2.75) is 33.3 Å². The van der Waals surface area contributed by atoms with Gasteiger partial charge in [-0.1, -0.05) is 25.1 Å². The first-order valence-electron chi connectivity index (χ1n) is 11.4. The number of hydrogen-bond donors (Lipinski definition) is 4. The maximum Gasteiger partial charge on any atom is 0.269 e. The second-order valence-electron chi connectivity index (χ2n) is 8.07. The predicted octanol–water partition coefficient (Wildman–Crippen LogP) is 4.37. The van der Waals surface area contributed by atoms with Crippen molar-refractivity contribution in [2.75, 3.05) is 5.32 Å². The number of hydrazine groups is 1. The third-order valence-electron chi connectivity index (χ3n) is 5.34. The van der Waals surface area contributed by atoms with Crippen LogP contribution >= 0.6 is 12.2 Å². The summed E-state index contributed by atoms with van der Waals surface area (Å²) in [4.78, 5) is 37.2. The summed E-state index contributed by atoms with van der Waals surface area (Å²) >= 11 is 5.09. The van der Waals surface area contributed by atoms with Crippen LogP contribution in [0.4, 0.5) is 5.69 Å². The number of benzene rings is 3. The Morgan fingerprint density at radius 2 is 1.44 bits per heavy atom. The Balaban J connectivity index is 1.47. The molecule has 3 rings (SSSR count). The van der Waals surface area contributed by atoms with Crippen molar-refractivity contribution in [1.82, 2.24) is 16.2 Å². The second-order valence-corrected chi connectivity index (χ2v) is 8.48. The smallest absolute Gasteiger partial charge is 0.269 e. The summed E-state index contributed by atoms with van der Waals surface area (Å²) in [5, 5.41) is 5.25. The van der Waals surface area contributed by atoms with Crippen molar-refractivity contribution in [1.29, 1.82) is 0 Å². The largest absolute Gasteiger partial charge is 0.491 e. The molecule has 9 heteroatoms. The first kappa shape index (κ1) is 26.4. The fraction of sp³-hybridized carbons (Fsp3) is 0.185. The van der Waals surface area contributed by atoms with Crippen LogP contribution in [-0.2, 0) is 0 Å². The van der Waals surface area contributed by atoms with Crippen LogP contribution < -0.4 is 26.2 Å². The number of nitrogens with one attached hydrogen (secondary N) is 4. The maximum atomic E-state index is 12.4. The van der Waals surface area contributed by atoms with Gasteiger partial charge in [0.25, 0.3) is 17.7 Å². The van der Waals surface area contributed by atoms with Crippen LogP contribution in [0, 0.1) is 6.92 Å². The summed E-state index contributed by atoms with van der Waals surface area (Å²) in [6.45, 7) is 5.86. The Morgan fingerprint density at radius 1 is 0.833 bits per heavy atom. The van der Waals surface area contributed by atoms with Gasteiger partial charge in [0.05, 0.1) is 6.10 Å². The number of aryl methyl sites for hydroxylation is 1. The van der Waals surface area contributed by atoms with E-state index in [2.05, 4.69) is 21.5 Å². The van der Waals surface area contributed by atoms with E-state index in [-0.39, 0.29) is 17.1 Å². The third-order valence-corrected chi connectivity index (χ3v) is 5.54. The van der Waals surface area contributed by atoms with E-state index < -0.39 is 11.8 Å². The molecular formula is C27H28N4O4S. The van der Waals surface area contributed by atoms with E-state index in [4.69, 9.17) is 17.0 Å². The number of ether oxygens (including phenoxy) is 1. The molecule has 4 N–H and O–H groups in total. The average Bonchev–Trinajstić information content (AvgIpc) is 2.88. The molecule has 0 aliphatic heterocycles. The predicted molar refractivity (Wildman–Crippen MR) is 143 cm³/mol. The van der Waals surface area contributed by atoms with Crippen molar-refractivity contribution in [2.24, 2.45) is 0 Å². The van der Waals surface area contributed by atoms with Crippen molar-refractivity contribution in [3.05, 3.63) is 95.1 Å². The van der Waals surface area contributed by atoms with Gasteiger partial charge in [-0.05, 0) is 92.6 Å². The van der Waals surface area contributed by atoms with Gasteiger partial charge >= 0.3 is 0 Å². The summed E-state index contributed by atoms with van der Waals surface area (Å²) in [7, 11) is 0. The maximum absolute atomic E-state index is 12.4. The third kappa shape index (κ3) is 7.38. The van der Waals surface area contributed by atoms with E-state index in [0.717, 1.165) is 12.0 Å². The minimum Gasteiger partial charge on any atom is -0.491 e. The van der Waals surface area contributed by atoms with Gasteiger partial charge in [0, 0.05) is 22.4 Å². The van der Waals surface area contributed by atoms with Crippen LogP contribution in [0.15, 0.2) is 72.8 Å². The van der Waals surface area contributed by atoms with Crippen molar-refractivity contribution >= 4 is 40.7 Å². The number of carbonyl (C=O) groups excluding carboxylic acids is 3. The van der Waals surface area contributed by atoms with Crippen LogP contribution in [0.3, 0.4) is 0 Å². The van der Waals surface area contributed by atoms with E-state index >= 15 is 0 Å². The number of hydrogen-bond acceptors (Lipinski definition) is 5. The van der Waals surface area contributed by atoms with Crippen LogP contribution in [0.25, 0.3) is 0 Å². The quantitative estimate of drug-likeness (QED) is 0.281. The van der Waals surface area contributed by atoms with Gasteiger partial charge in [0.1, 0.15) is 5.75 Å². The second kappa shape index (κ2) is 12.5. The van der Waals surface area contributed by atoms with E-state index in [0.29, 0.717) is 28.1 Å². The summed E-state index contributed by atoms with van der Waals surface area (Å²) in [6.07, 6.45) is 0.960. The molecule has 0 aromatic heterocycles. The van der Waals surface area contributed by atoms with Crippen LogP contribution in [0.1, 0.15) is 56.9 Å². The van der Waals surface area contributed by atoms with Crippen LogP contribution in [0.2, 0.25) is 0 Å². The van der Waals surface area contributed by atoms with Crippen molar-refractivity contribution in [3.8, 4) is 5.75 Å². The molecule has 0 aliphatic carbocycles. The molecule has 0 saturated heterocycles. The lowest BCUT2D eigenvalue weighted by molar-refractivity contribution is 0.0934. The summed E-state index contributed by atoms with van der Waals surface area (Å²) < 4.78 is 5.70. The number of anilines is 1. The molecule has 0 heterocycles. The highest BCUT2D eigenvalue weighted by atomic mass is 32.1. The van der Waals surface area contributed by atoms with Gasteiger partial charge < -0.3 is 10.1 Å². The monoisotopic (exact) mass is 504 g/mol. The number of rotatable bonds is 7. The molecule has 3 aromatic carbocycles.